The maximum atomic E-state index is 12.2. The first-order valence-electron chi connectivity index (χ1n) is 6.34. The van der Waals surface area contributed by atoms with Gasteiger partial charge < -0.3 is 4.74 Å². The van der Waals surface area contributed by atoms with Crippen molar-refractivity contribution in [1.29, 1.82) is 0 Å². The number of Topliss-reactive ketones (excluding diaryl/α,β-unsaturated/α-hetero) is 1. The van der Waals surface area contributed by atoms with E-state index in [1.165, 1.54) is 0 Å². The second-order valence-corrected chi connectivity index (χ2v) is 5.65. The van der Waals surface area contributed by atoms with Crippen molar-refractivity contribution in [3.63, 3.8) is 0 Å². The zero-order valence-electron chi connectivity index (χ0n) is 10.9. The van der Waals surface area contributed by atoms with Crippen molar-refractivity contribution in [3.8, 4) is 0 Å². The zero-order chi connectivity index (χ0) is 13.8. The number of nitrogens with zero attached hydrogens (tertiary/aromatic N) is 1. The number of likely N-dealkylation sites (N-methyl/N-ethyl adjacent to an activating group) is 1. The molecule has 0 aromatic heterocycles. The van der Waals surface area contributed by atoms with E-state index in [4.69, 9.17) is 27.9 Å². The van der Waals surface area contributed by atoms with Gasteiger partial charge in [-0.1, -0.05) is 23.2 Å². The number of carbonyl (C=O) groups excluding carboxylic acids is 1. The van der Waals surface area contributed by atoms with Gasteiger partial charge in [0.25, 0.3) is 0 Å². The highest BCUT2D eigenvalue weighted by Gasteiger charge is 2.21. The number of carbonyl (C=O) groups is 1. The van der Waals surface area contributed by atoms with Gasteiger partial charge in [0, 0.05) is 29.8 Å². The molecule has 0 unspecified atom stereocenters. The van der Waals surface area contributed by atoms with Gasteiger partial charge in [-0.15, -0.1) is 0 Å². The number of hydrogen-bond donors (Lipinski definition) is 0. The van der Waals surface area contributed by atoms with Gasteiger partial charge in [-0.25, -0.2) is 0 Å². The molecule has 1 heterocycles. The maximum Gasteiger partial charge on any atom is 0.178 e. The lowest BCUT2D eigenvalue weighted by Crippen LogP contribution is -2.39. The number of benzene rings is 1. The Labute approximate surface area is 123 Å². The van der Waals surface area contributed by atoms with Gasteiger partial charge >= 0.3 is 0 Å². The van der Waals surface area contributed by atoms with Crippen molar-refractivity contribution in [2.45, 2.75) is 18.9 Å². The Kier molecular flexibility index (Phi) is 5.22. The standard InChI is InChI=1S/C14H17Cl2NO2/c1-17(11-4-6-19-7-5-11)9-14(18)12-3-2-10(15)8-13(12)16/h2-3,8,11H,4-7,9H2,1H3. The molecule has 1 aromatic carbocycles. The van der Waals surface area contributed by atoms with E-state index in [2.05, 4.69) is 4.90 Å². The largest absolute Gasteiger partial charge is 0.381 e. The fourth-order valence-corrected chi connectivity index (χ4v) is 2.80. The second kappa shape index (κ2) is 6.71. The lowest BCUT2D eigenvalue weighted by Gasteiger charge is -2.30. The first-order valence-corrected chi connectivity index (χ1v) is 7.10. The highest BCUT2D eigenvalue weighted by Crippen LogP contribution is 2.22. The highest BCUT2D eigenvalue weighted by atomic mass is 35.5. The number of ether oxygens (including phenoxy) is 1. The highest BCUT2D eigenvalue weighted by molar-refractivity contribution is 6.36. The molecule has 0 atom stereocenters. The van der Waals surface area contributed by atoms with E-state index in [-0.39, 0.29) is 5.78 Å². The van der Waals surface area contributed by atoms with Gasteiger partial charge in [0.05, 0.1) is 11.6 Å². The average molecular weight is 302 g/mol. The Balaban J connectivity index is 1.99. The minimum absolute atomic E-state index is 0.0238. The van der Waals surface area contributed by atoms with E-state index in [1.807, 2.05) is 7.05 Å². The van der Waals surface area contributed by atoms with Gasteiger partial charge in [-0.2, -0.15) is 0 Å². The van der Waals surface area contributed by atoms with E-state index in [0.717, 1.165) is 26.1 Å². The molecule has 5 heteroatoms. The van der Waals surface area contributed by atoms with Crippen LogP contribution in [0.5, 0.6) is 0 Å². The van der Waals surface area contributed by atoms with Gasteiger partial charge in [0.1, 0.15) is 0 Å². The van der Waals surface area contributed by atoms with Crippen LogP contribution in [0.25, 0.3) is 0 Å². The van der Waals surface area contributed by atoms with E-state index < -0.39 is 0 Å². The Hall–Kier alpha value is -0.610. The van der Waals surface area contributed by atoms with Gasteiger partial charge in [0.15, 0.2) is 5.78 Å². The summed E-state index contributed by atoms with van der Waals surface area (Å²) in [5.74, 6) is 0.0238. The maximum absolute atomic E-state index is 12.2. The Morgan fingerprint density at radius 2 is 2.05 bits per heavy atom. The van der Waals surface area contributed by atoms with Crippen molar-refractivity contribution in [2.75, 3.05) is 26.8 Å². The van der Waals surface area contributed by atoms with E-state index in [0.29, 0.717) is 28.2 Å². The summed E-state index contributed by atoms with van der Waals surface area (Å²) in [6.45, 7) is 1.90. The SMILES string of the molecule is CN(CC(=O)c1ccc(Cl)cc1Cl)C1CCOCC1. The Morgan fingerprint density at radius 1 is 1.37 bits per heavy atom. The minimum Gasteiger partial charge on any atom is -0.381 e. The summed E-state index contributed by atoms with van der Waals surface area (Å²) in [7, 11) is 1.97. The van der Waals surface area contributed by atoms with Gasteiger partial charge in [-0.3, -0.25) is 9.69 Å². The van der Waals surface area contributed by atoms with Crippen LogP contribution in [0.15, 0.2) is 18.2 Å². The van der Waals surface area contributed by atoms with Crippen LogP contribution in [0.1, 0.15) is 23.2 Å². The van der Waals surface area contributed by atoms with Crippen LogP contribution in [0.4, 0.5) is 0 Å². The zero-order valence-corrected chi connectivity index (χ0v) is 12.4. The molecule has 19 heavy (non-hydrogen) atoms. The molecular weight excluding hydrogens is 285 g/mol. The number of halogens is 2. The number of hydrogen-bond acceptors (Lipinski definition) is 3. The molecule has 1 aliphatic heterocycles. The number of ketones is 1. The summed E-state index contributed by atoms with van der Waals surface area (Å²) < 4.78 is 5.32. The molecule has 0 spiro atoms. The molecule has 0 bridgehead atoms. The summed E-state index contributed by atoms with van der Waals surface area (Å²) in [5, 5.41) is 0.956. The first-order chi connectivity index (χ1) is 9.08. The van der Waals surface area contributed by atoms with Crippen LogP contribution in [0, 0.1) is 0 Å². The third kappa shape index (κ3) is 3.93. The van der Waals surface area contributed by atoms with Crippen LogP contribution < -0.4 is 0 Å². The molecule has 1 aromatic rings. The Bertz CT molecular complexity index is 459. The summed E-state index contributed by atoms with van der Waals surface area (Å²) in [4.78, 5) is 14.3. The van der Waals surface area contributed by atoms with Crippen LogP contribution in [0.2, 0.25) is 10.0 Å². The monoisotopic (exact) mass is 301 g/mol. The minimum atomic E-state index is 0.0238. The summed E-state index contributed by atoms with van der Waals surface area (Å²) >= 11 is 11.9. The van der Waals surface area contributed by atoms with Crippen LogP contribution in [-0.2, 0) is 4.74 Å². The molecule has 0 saturated carbocycles. The predicted octanol–water partition coefficient (Wildman–Crippen LogP) is 3.29. The average Bonchev–Trinajstić information content (AvgIpc) is 2.39. The van der Waals surface area contributed by atoms with Crippen LogP contribution in [-0.4, -0.2) is 43.5 Å². The topological polar surface area (TPSA) is 29.5 Å². The van der Waals surface area contributed by atoms with Crippen molar-refractivity contribution < 1.29 is 9.53 Å². The third-order valence-electron chi connectivity index (χ3n) is 3.44. The molecule has 0 amide bonds. The van der Waals surface area contributed by atoms with Crippen molar-refractivity contribution in [1.82, 2.24) is 4.90 Å². The lowest BCUT2D eigenvalue weighted by atomic mass is 10.1. The van der Waals surface area contributed by atoms with Crippen LogP contribution in [0.3, 0.4) is 0 Å². The van der Waals surface area contributed by atoms with Gasteiger partial charge in [-0.05, 0) is 38.1 Å². The molecule has 3 nitrogen and oxygen atoms in total. The number of rotatable bonds is 4. The van der Waals surface area contributed by atoms with Crippen LogP contribution >= 0.6 is 23.2 Å². The van der Waals surface area contributed by atoms with E-state index in [1.54, 1.807) is 18.2 Å². The van der Waals surface area contributed by atoms with Crippen molar-refractivity contribution in [2.24, 2.45) is 0 Å². The smallest absolute Gasteiger partial charge is 0.178 e. The fourth-order valence-electron chi connectivity index (χ4n) is 2.28. The molecular formula is C14H17Cl2NO2. The molecule has 0 radical (unpaired) electrons. The first kappa shape index (κ1) is 14.8. The molecule has 1 aliphatic rings. The van der Waals surface area contributed by atoms with Gasteiger partial charge in [0.2, 0.25) is 0 Å². The Morgan fingerprint density at radius 3 is 2.68 bits per heavy atom. The summed E-state index contributed by atoms with van der Waals surface area (Å²) in [6.07, 6.45) is 1.94. The molecule has 0 aliphatic carbocycles. The van der Waals surface area contributed by atoms with E-state index >= 15 is 0 Å². The molecule has 0 N–H and O–H groups in total. The quantitative estimate of drug-likeness (QED) is 0.799. The summed E-state index contributed by atoms with van der Waals surface area (Å²) in [5.41, 5.74) is 0.532. The lowest BCUT2D eigenvalue weighted by molar-refractivity contribution is 0.0418. The van der Waals surface area contributed by atoms with Crippen molar-refractivity contribution in [3.05, 3.63) is 33.8 Å². The summed E-state index contributed by atoms with van der Waals surface area (Å²) in [6, 6.07) is 5.38. The molecule has 104 valence electrons. The predicted molar refractivity (Wildman–Crippen MR) is 77.3 cm³/mol. The second-order valence-electron chi connectivity index (χ2n) is 4.81. The third-order valence-corrected chi connectivity index (χ3v) is 3.99. The molecule has 2 rings (SSSR count). The van der Waals surface area contributed by atoms with E-state index in [9.17, 15) is 4.79 Å². The molecule has 1 saturated heterocycles. The fraction of sp³-hybridized carbons (Fsp3) is 0.500. The normalized spacial score (nSPS) is 16.8. The molecule has 1 fully saturated rings. The van der Waals surface area contributed by atoms with Crippen molar-refractivity contribution >= 4 is 29.0 Å².